The van der Waals surface area contributed by atoms with Crippen molar-refractivity contribution in [3.05, 3.63) is 5.69 Å². The molecule has 1 aliphatic rings. The molecule has 2 rings (SSSR count). The number of aryl methyl sites for hydroxylation is 1. The van der Waals surface area contributed by atoms with Gasteiger partial charge in [0.1, 0.15) is 0 Å². The second-order valence-electron chi connectivity index (χ2n) is 7.99. The third-order valence-electron chi connectivity index (χ3n) is 4.33. The molecule has 1 aromatic rings. The first kappa shape index (κ1) is 22.1. The molecule has 1 unspecified atom stereocenters. The van der Waals surface area contributed by atoms with E-state index in [1.807, 2.05) is 20.8 Å². The third kappa shape index (κ3) is 7.43. The lowest BCUT2D eigenvalue weighted by molar-refractivity contribution is 0.296. The number of nitrogens with one attached hydrogen (secondary N) is 1. The molecular formula is C20H38N4S. The van der Waals surface area contributed by atoms with Gasteiger partial charge in [-0.25, -0.2) is 9.97 Å². The van der Waals surface area contributed by atoms with E-state index in [2.05, 4.69) is 43.0 Å². The minimum Gasteiger partial charge on any atom is -0.394 e. The predicted molar refractivity (Wildman–Crippen MR) is 112 cm³/mol. The lowest BCUT2D eigenvalue weighted by Crippen LogP contribution is -2.19. The Balaban J connectivity index is 0.00000151. The Morgan fingerprint density at radius 2 is 1.88 bits per heavy atom. The molecule has 3 N–H and O–H groups in total. The standard InChI is InChI=1S/C18H32N4S.C2H6/c1-6-9-23-17-20-12(2)15(19)16(22-17)21-14-8-7-13(10-14)11-18(3,4)5;1-2/h13-14H,6-11,19H2,1-5H3,(H,20,21,22);1-2H3/t13-,14?;/m1./s1. The van der Waals surface area contributed by atoms with Crippen LogP contribution in [0.1, 0.15) is 79.3 Å². The van der Waals surface area contributed by atoms with Gasteiger partial charge in [0.15, 0.2) is 11.0 Å². The normalized spacial score (nSPS) is 20.1. The van der Waals surface area contributed by atoms with Gasteiger partial charge in [0.05, 0.1) is 11.4 Å². The summed E-state index contributed by atoms with van der Waals surface area (Å²) >= 11 is 1.71. The maximum Gasteiger partial charge on any atom is 0.189 e. The lowest BCUT2D eigenvalue weighted by atomic mass is 9.84. The largest absolute Gasteiger partial charge is 0.394 e. The minimum atomic E-state index is 0.411. The molecule has 1 aromatic heterocycles. The van der Waals surface area contributed by atoms with E-state index in [0.29, 0.717) is 17.1 Å². The fourth-order valence-electron chi connectivity index (χ4n) is 3.37. The van der Waals surface area contributed by atoms with E-state index in [9.17, 15) is 0 Å². The zero-order valence-corrected chi connectivity index (χ0v) is 18.1. The predicted octanol–water partition coefficient (Wildman–Crippen LogP) is 5.91. The van der Waals surface area contributed by atoms with Crippen LogP contribution in [0.3, 0.4) is 0 Å². The molecule has 0 saturated heterocycles. The van der Waals surface area contributed by atoms with Crippen molar-refractivity contribution >= 4 is 23.3 Å². The van der Waals surface area contributed by atoms with Crippen LogP contribution in [0.4, 0.5) is 11.5 Å². The molecular weight excluding hydrogens is 328 g/mol. The van der Waals surface area contributed by atoms with Gasteiger partial charge in [0.2, 0.25) is 0 Å². The molecule has 1 aliphatic carbocycles. The minimum absolute atomic E-state index is 0.411. The van der Waals surface area contributed by atoms with Crippen LogP contribution in [0.25, 0.3) is 0 Å². The smallest absolute Gasteiger partial charge is 0.189 e. The maximum atomic E-state index is 6.20. The van der Waals surface area contributed by atoms with Gasteiger partial charge < -0.3 is 11.1 Å². The van der Waals surface area contributed by atoms with Gasteiger partial charge in [-0.05, 0) is 50.4 Å². The highest BCUT2D eigenvalue weighted by atomic mass is 32.2. The summed E-state index contributed by atoms with van der Waals surface area (Å²) in [6, 6.07) is 0.489. The second-order valence-corrected chi connectivity index (χ2v) is 9.05. The monoisotopic (exact) mass is 366 g/mol. The van der Waals surface area contributed by atoms with Crippen molar-refractivity contribution in [2.24, 2.45) is 11.3 Å². The molecule has 0 aliphatic heterocycles. The Hall–Kier alpha value is -0.970. The van der Waals surface area contributed by atoms with Crippen LogP contribution in [0.2, 0.25) is 0 Å². The summed E-state index contributed by atoms with van der Waals surface area (Å²) in [5.41, 5.74) is 8.19. The summed E-state index contributed by atoms with van der Waals surface area (Å²) in [7, 11) is 0. The maximum absolute atomic E-state index is 6.20. The second kappa shape index (κ2) is 10.2. The average molecular weight is 367 g/mol. The van der Waals surface area contributed by atoms with Crippen molar-refractivity contribution in [2.75, 3.05) is 16.8 Å². The lowest BCUT2D eigenvalue weighted by Gasteiger charge is -2.23. The van der Waals surface area contributed by atoms with Gasteiger partial charge in [-0.2, -0.15) is 0 Å². The van der Waals surface area contributed by atoms with E-state index in [4.69, 9.17) is 5.73 Å². The van der Waals surface area contributed by atoms with Gasteiger partial charge in [-0.3, -0.25) is 0 Å². The molecule has 5 heteroatoms. The van der Waals surface area contributed by atoms with Crippen LogP contribution in [-0.2, 0) is 0 Å². The van der Waals surface area contributed by atoms with Gasteiger partial charge in [-0.1, -0.05) is 53.3 Å². The molecule has 25 heavy (non-hydrogen) atoms. The first-order chi connectivity index (χ1) is 11.8. The van der Waals surface area contributed by atoms with E-state index in [1.165, 1.54) is 25.7 Å². The molecule has 0 aromatic carbocycles. The fourth-order valence-corrected chi connectivity index (χ4v) is 4.12. The van der Waals surface area contributed by atoms with Crippen LogP contribution >= 0.6 is 11.8 Å². The van der Waals surface area contributed by atoms with Crippen molar-refractivity contribution in [2.45, 2.75) is 91.8 Å². The van der Waals surface area contributed by atoms with Crippen molar-refractivity contribution in [1.29, 1.82) is 0 Å². The zero-order valence-electron chi connectivity index (χ0n) is 17.3. The SMILES string of the molecule is CC.CCCSc1nc(C)c(N)c(NC2CC[C@@H](CC(C)(C)C)C2)n1. The highest BCUT2D eigenvalue weighted by Crippen LogP contribution is 2.37. The van der Waals surface area contributed by atoms with Gasteiger partial charge >= 0.3 is 0 Å². The molecule has 0 radical (unpaired) electrons. The molecule has 0 bridgehead atoms. The average Bonchev–Trinajstić information content (AvgIpc) is 2.96. The Labute approximate surface area is 159 Å². The van der Waals surface area contributed by atoms with E-state index >= 15 is 0 Å². The van der Waals surface area contributed by atoms with Crippen LogP contribution in [-0.4, -0.2) is 21.8 Å². The zero-order chi connectivity index (χ0) is 19.0. The van der Waals surface area contributed by atoms with E-state index in [0.717, 1.165) is 34.8 Å². The third-order valence-corrected chi connectivity index (χ3v) is 5.39. The highest BCUT2D eigenvalue weighted by Gasteiger charge is 2.28. The number of thioether (sulfide) groups is 1. The number of nitrogens with two attached hydrogens (primary N) is 1. The summed E-state index contributed by atoms with van der Waals surface area (Å²) in [4.78, 5) is 9.15. The molecule has 1 fully saturated rings. The fraction of sp³-hybridized carbons (Fsp3) is 0.800. The summed E-state index contributed by atoms with van der Waals surface area (Å²) < 4.78 is 0. The molecule has 1 heterocycles. The number of aromatic nitrogens is 2. The van der Waals surface area contributed by atoms with Crippen molar-refractivity contribution in [3.8, 4) is 0 Å². The quantitative estimate of drug-likeness (QED) is 0.484. The van der Waals surface area contributed by atoms with E-state index in [-0.39, 0.29) is 0 Å². The van der Waals surface area contributed by atoms with Crippen molar-refractivity contribution in [1.82, 2.24) is 9.97 Å². The van der Waals surface area contributed by atoms with Crippen LogP contribution in [0.5, 0.6) is 0 Å². The number of hydrogen-bond donors (Lipinski definition) is 2. The first-order valence-corrected chi connectivity index (χ1v) is 10.8. The Kier molecular flexibility index (Phi) is 9.04. The van der Waals surface area contributed by atoms with Gasteiger partial charge in [0, 0.05) is 11.8 Å². The van der Waals surface area contributed by atoms with Gasteiger partial charge in [0.25, 0.3) is 0 Å². The number of hydrogen-bond acceptors (Lipinski definition) is 5. The Morgan fingerprint density at radius 1 is 1.20 bits per heavy atom. The Bertz CT molecular complexity index is 525. The first-order valence-electron chi connectivity index (χ1n) is 9.82. The molecule has 0 spiro atoms. The molecule has 1 saturated carbocycles. The van der Waals surface area contributed by atoms with E-state index < -0.39 is 0 Å². The van der Waals surface area contributed by atoms with E-state index in [1.54, 1.807) is 11.8 Å². The van der Waals surface area contributed by atoms with Crippen molar-refractivity contribution < 1.29 is 0 Å². The van der Waals surface area contributed by atoms with Crippen LogP contribution in [0, 0.1) is 18.3 Å². The topological polar surface area (TPSA) is 63.8 Å². The molecule has 144 valence electrons. The number of anilines is 2. The summed E-state index contributed by atoms with van der Waals surface area (Å²) in [5.74, 6) is 2.68. The molecule has 2 atom stereocenters. The van der Waals surface area contributed by atoms with Crippen molar-refractivity contribution in [3.63, 3.8) is 0 Å². The summed E-state index contributed by atoms with van der Waals surface area (Å²) in [5, 5.41) is 4.43. The number of nitrogens with zero attached hydrogens (tertiary/aromatic N) is 2. The summed E-state index contributed by atoms with van der Waals surface area (Å²) in [6.07, 6.45) is 6.15. The van der Waals surface area contributed by atoms with Crippen LogP contribution < -0.4 is 11.1 Å². The Morgan fingerprint density at radius 3 is 2.48 bits per heavy atom. The molecule has 0 amide bonds. The summed E-state index contributed by atoms with van der Waals surface area (Å²) in [6.45, 7) is 15.1. The number of rotatable bonds is 6. The van der Waals surface area contributed by atoms with Crippen LogP contribution in [0.15, 0.2) is 5.16 Å². The highest BCUT2D eigenvalue weighted by molar-refractivity contribution is 7.99. The van der Waals surface area contributed by atoms with Gasteiger partial charge in [-0.15, -0.1) is 0 Å². The number of nitrogen functional groups attached to an aromatic ring is 1. The molecule has 4 nitrogen and oxygen atoms in total.